The zero-order chi connectivity index (χ0) is 37.4. The number of benzene rings is 2. The topological polar surface area (TPSA) is 186 Å². The van der Waals surface area contributed by atoms with Crippen LogP contribution in [0.1, 0.15) is 61.8 Å². The second-order valence-electron chi connectivity index (χ2n) is 12.2. The van der Waals surface area contributed by atoms with Crippen molar-refractivity contribution in [1.29, 1.82) is 0 Å². The van der Waals surface area contributed by atoms with Gasteiger partial charge in [-0.15, -0.1) is 0 Å². The van der Waals surface area contributed by atoms with E-state index < -0.39 is 12.1 Å². The van der Waals surface area contributed by atoms with Crippen LogP contribution in [0.15, 0.2) is 59.4 Å². The third kappa shape index (κ3) is 8.52. The van der Waals surface area contributed by atoms with Gasteiger partial charge in [0.2, 0.25) is 11.8 Å². The normalized spacial score (nSPS) is 12.8. The Labute approximate surface area is 299 Å². The number of amides is 4. The van der Waals surface area contributed by atoms with Crippen molar-refractivity contribution in [2.75, 3.05) is 19.8 Å². The molecule has 4 aromatic rings. The summed E-state index contributed by atoms with van der Waals surface area (Å²) in [5.41, 5.74) is 4.51. The van der Waals surface area contributed by atoms with E-state index in [-0.39, 0.29) is 56.2 Å². The molecule has 0 saturated heterocycles. The summed E-state index contributed by atoms with van der Waals surface area (Å²) in [5.74, 6) is -1.29. The van der Waals surface area contributed by atoms with E-state index in [0.29, 0.717) is 54.9 Å². The fourth-order valence-electron chi connectivity index (χ4n) is 6.15. The highest BCUT2D eigenvalue weighted by atomic mass is 16.7. The van der Waals surface area contributed by atoms with Gasteiger partial charge in [-0.2, -0.15) is 0 Å². The Morgan fingerprint density at radius 3 is 2.38 bits per heavy atom. The quantitative estimate of drug-likeness (QED) is 0.0493. The van der Waals surface area contributed by atoms with Gasteiger partial charge in [0.25, 0.3) is 17.4 Å². The van der Waals surface area contributed by atoms with Crippen LogP contribution in [0.25, 0.3) is 33.1 Å². The third-order valence-corrected chi connectivity index (χ3v) is 8.77. The highest BCUT2D eigenvalue weighted by Crippen LogP contribution is 2.35. The van der Waals surface area contributed by atoms with Gasteiger partial charge in [0.05, 0.1) is 42.2 Å². The van der Waals surface area contributed by atoms with Gasteiger partial charge in [-0.3, -0.25) is 28.9 Å². The Morgan fingerprint density at radius 2 is 1.63 bits per heavy atom. The highest BCUT2D eigenvalue weighted by molar-refractivity contribution is 6.12. The number of aromatic nitrogens is 2. The molecule has 0 spiro atoms. The summed E-state index contributed by atoms with van der Waals surface area (Å²) in [6.45, 7) is 6.04. The number of imide groups is 1. The molecule has 4 heterocycles. The third-order valence-electron chi connectivity index (χ3n) is 8.77. The molecule has 0 unspecified atom stereocenters. The Hall–Kier alpha value is -5.89. The van der Waals surface area contributed by atoms with E-state index in [2.05, 4.69) is 15.4 Å². The number of hydrogen-bond acceptors (Lipinski definition) is 9. The maximum atomic E-state index is 13.2. The second-order valence-corrected chi connectivity index (χ2v) is 12.2. The number of ether oxygens (including phenoxy) is 2. The lowest BCUT2D eigenvalue weighted by Gasteiger charge is -2.13. The van der Waals surface area contributed by atoms with Crippen LogP contribution in [0.2, 0.25) is 0 Å². The van der Waals surface area contributed by atoms with Gasteiger partial charge in [0.1, 0.15) is 13.3 Å². The van der Waals surface area contributed by atoms with E-state index in [9.17, 15) is 28.8 Å². The minimum atomic E-state index is -1.44. The van der Waals surface area contributed by atoms with E-state index >= 15 is 0 Å². The fraction of sp³-hybridized carbons (Fsp3) is 0.342. The molecule has 52 heavy (non-hydrogen) atoms. The van der Waals surface area contributed by atoms with Gasteiger partial charge in [-0.25, -0.2) is 9.78 Å². The molecular formula is C38H41N5O9. The molecule has 2 aliphatic rings. The number of carbonyl (C=O) groups is 5. The predicted molar refractivity (Wildman–Crippen MR) is 192 cm³/mol. The zero-order valence-electron chi connectivity index (χ0n) is 29.3. The lowest BCUT2D eigenvalue weighted by Crippen LogP contribution is -2.37. The van der Waals surface area contributed by atoms with Crippen molar-refractivity contribution in [3.63, 3.8) is 0 Å². The van der Waals surface area contributed by atoms with Crippen LogP contribution in [0.3, 0.4) is 0 Å². The van der Waals surface area contributed by atoms with Crippen LogP contribution < -0.4 is 16.2 Å². The Bertz CT molecular complexity index is 2120. The summed E-state index contributed by atoms with van der Waals surface area (Å²) in [7, 11) is 0. The van der Waals surface area contributed by atoms with Crippen LogP contribution in [-0.4, -0.2) is 69.2 Å². The van der Waals surface area contributed by atoms with Gasteiger partial charge in [0, 0.05) is 36.1 Å². The average Bonchev–Trinajstić information content (AvgIpc) is 3.66. The summed E-state index contributed by atoms with van der Waals surface area (Å²) < 4.78 is 12.0. The lowest BCUT2D eigenvalue weighted by molar-refractivity contribution is -0.137. The van der Waals surface area contributed by atoms with Gasteiger partial charge in [0.15, 0.2) is 0 Å². The first-order valence-electron chi connectivity index (χ1n) is 17.2. The Balaban J connectivity index is 0.00000257. The maximum absolute atomic E-state index is 13.2. The first-order chi connectivity index (χ1) is 25.1. The fourth-order valence-corrected chi connectivity index (χ4v) is 6.15. The molecule has 2 aromatic carbocycles. The van der Waals surface area contributed by atoms with Crippen molar-refractivity contribution in [2.45, 2.75) is 66.2 Å². The minimum Gasteiger partial charge on any atom is -0.450 e. The number of fused-ring (bicyclic) bond motifs is 6. The highest BCUT2D eigenvalue weighted by Gasteiger charge is 2.25. The molecule has 0 aliphatic carbocycles. The summed E-state index contributed by atoms with van der Waals surface area (Å²) in [6.07, 6.45) is 3.11. The molecular weight excluding hydrogens is 670 g/mol. The van der Waals surface area contributed by atoms with E-state index in [1.54, 1.807) is 11.5 Å². The van der Waals surface area contributed by atoms with Crippen LogP contribution >= 0.6 is 0 Å². The van der Waals surface area contributed by atoms with E-state index in [4.69, 9.17) is 14.8 Å². The minimum absolute atomic E-state index is 0.0495. The maximum Gasteiger partial charge on any atom is 0.506 e. The first-order valence-corrected chi connectivity index (χ1v) is 17.2. The number of carboxylic acid groups (broad SMARTS) is 1. The van der Waals surface area contributed by atoms with Crippen LogP contribution in [0.5, 0.6) is 0 Å². The van der Waals surface area contributed by atoms with Crippen molar-refractivity contribution in [3.05, 3.63) is 87.2 Å². The molecule has 2 aromatic heterocycles. The average molecular weight is 712 g/mol. The number of nitrogens with one attached hydrogen (secondary N) is 2. The zero-order valence-corrected chi connectivity index (χ0v) is 29.3. The number of aryl methyl sites for hydroxylation is 1. The molecule has 0 radical (unpaired) electrons. The van der Waals surface area contributed by atoms with Crippen LogP contribution in [-0.2, 0) is 48.4 Å². The molecule has 2 aliphatic heterocycles. The molecule has 0 fully saturated rings. The number of hydrogen-bond donors (Lipinski definition) is 3. The monoisotopic (exact) mass is 711 g/mol. The smallest absolute Gasteiger partial charge is 0.450 e. The number of nitrogens with zero attached hydrogens (tertiary/aromatic N) is 3. The Kier molecular flexibility index (Phi) is 12.1. The predicted octanol–water partition coefficient (Wildman–Crippen LogP) is 4.30. The van der Waals surface area contributed by atoms with E-state index in [1.807, 2.05) is 56.3 Å². The summed E-state index contributed by atoms with van der Waals surface area (Å²) in [4.78, 5) is 77.7. The number of pyridine rings is 2. The van der Waals surface area contributed by atoms with Gasteiger partial charge >= 0.3 is 6.16 Å². The van der Waals surface area contributed by atoms with Crippen LogP contribution in [0, 0.1) is 6.92 Å². The van der Waals surface area contributed by atoms with Crippen molar-refractivity contribution < 1.29 is 38.6 Å². The molecule has 0 saturated carbocycles. The van der Waals surface area contributed by atoms with E-state index in [0.717, 1.165) is 32.8 Å². The molecule has 6 rings (SSSR count). The molecule has 3 N–H and O–H groups in total. The second kappa shape index (κ2) is 16.9. The van der Waals surface area contributed by atoms with E-state index in [1.165, 1.54) is 17.1 Å². The van der Waals surface area contributed by atoms with Gasteiger partial charge in [-0.1, -0.05) is 38.5 Å². The number of rotatable bonds is 14. The first kappa shape index (κ1) is 37.4. The summed E-state index contributed by atoms with van der Waals surface area (Å²) >= 11 is 0. The SMILES string of the molecule is CC.Cc1cc2n(c(=O)c1COC(=O)O)Cc1cc3c(ccc4ccc(COCNC(=O)CNC(=O)CCCCCN5C(=O)C=CC5=O)cc43)nc1-2. The summed E-state index contributed by atoms with van der Waals surface area (Å²) in [6, 6.07) is 13.7. The van der Waals surface area contributed by atoms with Crippen LogP contribution in [0.4, 0.5) is 4.79 Å². The molecule has 0 bridgehead atoms. The Morgan fingerprint density at radius 1 is 0.885 bits per heavy atom. The molecule has 272 valence electrons. The van der Waals surface area contributed by atoms with Gasteiger partial charge in [-0.05, 0) is 65.9 Å². The largest absolute Gasteiger partial charge is 0.506 e. The van der Waals surface area contributed by atoms with Crippen molar-refractivity contribution in [1.82, 2.24) is 25.1 Å². The summed E-state index contributed by atoms with van der Waals surface area (Å²) in [5, 5.41) is 17.0. The molecule has 4 amide bonds. The standard InChI is InChI=1S/C36H35N5O9.C2H6/c1-21-13-29-34-24(17-41(29)35(46)27(21)19-50-36(47)48)15-26-25-14-22(6-7-23(25)8-9-28(26)39-34)18-49-20-38-31(43)16-37-30(42)5-3-2-4-12-40-32(44)10-11-33(40)45;1-2/h6-11,13-15H,2-5,12,16-20H2,1H3,(H,37,42)(H,38,43)(H,47,48);1-2H3. The van der Waals surface area contributed by atoms with Gasteiger partial charge < -0.3 is 29.8 Å². The lowest BCUT2D eigenvalue weighted by atomic mass is 10.0. The van der Waals surface area contributed by atoms with Crippen molar-refractivity contribution in [3.8, 4) is 11.4 Å². The molecule has 14 heteroatoms. The van der Waals surface area contributed by atoms with Crippen molar-refractivity contribution in [2.24, 2.45) is 0 Å². The number of unbranched alkanes of at least 4 members (excludes halogenated alkanes) is 2. The molecule has 14 nitrogen and oxygen atoms in total. The number of carbonyl (C=O) groups excluding carboxylic acids is 4. The van der Waals surface area contributed by atoms with Crippen molar-refractivity contribution >= 4 is 51.5 Å². The molecule has 0 atom stereocenters.